The predicted molar refractivity (Wildman–Crippen MR) is 135 cm³/mol. The maximum absolute atomic E-state index is 13.4. The Morgan fingerprint density at radius 2 is 1.68 bits per heavy atom. The van der Waals surface area contributed by atoms with Gasteiger partial charge in [0, 0.05) is 18.6 Å². The number of ether oxygens (including phenoxy) is 2. The largest absolute Gasteiger partial charge is 0.495 e. The molecule has 176 valence electrons. The van der Waals surface area contributed by atoms with Crippen LogP contribution in [0.1, 0.15) is 34.0 Å². The van der Waals surface area contributed by atoms with E-state index in [1.165, 1.54) is 26.2 Å². The molecule has 3 rings (SSSR count). The molecule has 0 saturated carbocycles. The molecular formula is C25H21Br2NO6. The molecule has 0 aliphatic heterocycles. The van der Waals surface area contributed by atoms with Crippen LogP contribution in [0.4, 0.5) is 5.69 Å². The van der Waals surface area contributed by atoms with Gasteiger partial charge in [0.05, 0.1) is 33.7 Å². The molecule has 0 unspecified atom stereocenters. The van der Waals surface area contributed by atoms with E-state index in [-0.39, 0.29) is 29.4 Å². The molecule has 1 amide bonds. The van der Waals surface area contributed by atoms with Crippen LogP contribution in [0, 0.1) is 6.92 Å². The molecule has 3 aromatic rings. The summed E-state index contributed by atoms with van der Waals surface area (Å²) in [4.78, 5) is 36.3. The van der Waals surface area contributed by atoms with E-state index < -0.39 is 5.97 Å². The summed E-state index contributed by atoms with van der Waals surface area (Å²) in [5, 5.41) is 11.8. The summed E-state index contributed by atoms with van der Waals surface area (Å²) in [5.41, 5.74) is 2.51. The number of halogens is 2. The minimum atomic E-state index is -0.964. The molecule has 0 atom stereocenters. The van der Waals surface area contributed by atoms with Gasteiger partial charge in [-0.15, -0.1) is 0 Å². The van der Waals surface area contributed by atoms with Gasteiger partial charge in [0.1, 0.15) is 11.5 Å². The Morgan fingerprint density at radius 1 is 1.00 bits per heavy atom. The second-order valence-corrected chi connectivity index (χ2v) is 9.20. The van der Waals surface area contributed by atoms with Crippen LogP contribution in [-0.4, -0.2) is 29.9 Å². The average Bonchev–Trinajstić information content (AvgIpc) is 2.75. The molecule has 0 heterocycles. The second kappa shape index (κ2) is 10.8. The van der Waals surface area contributed by atoms with Crippen LogP contribution in [0.3, 0.4) is 0 Å². The summed E-state index contributed by atoms with van der Waals surface area (Å²) in [6.45, 7) is 3.25. The number of carbonyl (C=O) groups excluding carboxylic acids is 2. The van der Waals surface area contributed by atoms with E-state index >= 15 is 0 Å². The van der Waals surface area contributed by atoms with Gasteiger partial charge in [-0.3, -0.25) is 14.4 Å². The van der Waals surface area contributed by atoms with Crippen LogP contribution < -0.4 is 14.8 Å². The normalized spacial score (nSPS) is 10.5. The highest BCUT2D eigenvalue weighted by Gasteiger charge is 2.22. The number of carbonyl (C=O) groups is 3. The number of hydrogen-bond acceptors (Lipinski definition) is 5. The fourth-order valence-electron chi connectivity index (χ4n) is 3.32. The number of aryl methyl sites for hydroxylation is 1. The molecule has 0 aromatic heterocycles. The first-order valence-corrected chi connectivity index (χ1v) is 11.7. The molecule has 9 heteroatoms. The minimum Gasteiger partial charge on any atom is -0.495 e. The fraction of sp³-hybridized carbons (Fsp3) is 0.160. The summed E-state index contributed by atoms with van der Waals surface area (Å²) < 4.78 is 12.5. The van der Waals surface area contributed by atoms with Crippen molar-refractivity contribution in [2.24, 2.45) is 0 Å². The van der Waals surface area contributed by atoms with Crippen LogP contribution in [-0.2, 0) is 16.0 Å². The summed E-state index contributed by atoms with van der Waals surface area (Å²) in [7, 11) is 1.44. The van der Waals surface area contributed by atoms with Crippen molar-refractivity contribution >= 4 is 55.2 Å². The third kappa shape index (κ3) is 6.03. The Bertz CT molecular complexity index is 1270. The average molecular weight is 591 g/mol. The van der Waals surface area contributed by atoms with Crippen molar-refractivity contribution in [3.8, 4) is 17.2 Å². The van der Waals surface area contributed by atoms with E-state index in [1.807, 2.05) is 13.0 Å². The standard InChI is InChI=1S/C25H21Br2NO6/c1-13-5-4-6-16(7-13)24(32)17-11-22(33-3)20(28-14(2)29)12-21(17)34-25-18(26)8-15(9-19(25)27)10-23(30)31/h4-9,11-12H,10H2,1-3H3,(H,28,29)(H,30,31). The van der Waals surface area contributed by atoms with E-state index in [1.54, 1.807) is 30.3 Å². The van der Waals surface area contributed by atoms with Crippen molar-refractivity contribution in [1.29, 1.82) is 0 Å². The van der Waals surface area contributed by atoms with E-state index in [0.29, 0.717) is 37.3 Å². The molecule has 0 saturated heterocycles. The lowest BCUT2D eigenvalue weighted by Crippen LogP contribution is -2.10. The Hall–Kier alpha value is -3.17. The van der Waals surface area contributed by atoms with Gasteiger partial charge in [0.15, 0.2) is 11.5 Å². The molecule has 2 N–H and O–H groups in total. The van der Waals surface area contributed by atoms with Gasteiger partial charge in [-0.25, -0.2) is 0 Å². The van der Waals surface area contributed by atoms with Crippen molar-refractivity contribution in [3.63, 3.8) is 0 Å². The van der Waals surface area contributed by atoms with Gasteiger partial charge in [-0.05, 0) is 68.6 Å². The van der Waals surface area contributed by atoms with Crippen molar-refractivity contribution < 1.29 is 29.0 Å². The summed E-state index contributed by atoms with van der Waals surface area (Å²) in [6.07, 6.45) is -0.163. The molecule has 0 fully saturated rings. The maximum Gasteiger partial charge on any atom is 0.307 e. The second-order valence-electron chi connectivity index (χ2n) is 7.49. The van der Waals surface area contributed by atoms with E-state index in [9.17, 15) is 14.4 Å². The van der Waals surface area contributed by atoms with Crippen molar-refractivity contribution in [1.82, 2.24) is 0 Å². The van der Waals surface area contributed by atoms with Crippen LogP contribution in [0.5, 0.6) is 17.2 Å². The van der Waals surface area contributed by atoms with Gasteiger partial charge in [-0.1, -0.05) is 23.8 Å². The number of nitrogens with one attached hydrogen (secondary N) is 1. The van der Waals surface area contributed by atoms with Gasteiger partial charge in [-0.2, -0.15) is 0 Å². The molecule has 0 bridgehead atoms. The van der Waals surface area contributed by atoms with Gasteiger partial charge < -0.3 is 19.9 Å². The quantitative estimate of drug-likeness (QED) is 0.306. The highest BCUT2D eigenvalue weighted by Crippen LogP contribution is 2.42. The number of rotatable bonds is 8. The van der Waals surface area contributed by atoms with Crippen LogP contribution in [0.25, 0.3) is 0 Å². The Labute approximate surface area is 213 Å². The molecule has 0 spiro atoms. The lowest BCUT2D eigenvalue weighted by molar-refractivity contribution is -0.136. The third-order valence-electron chi connectivity index (χ3n) is 4.76. The highest BCUT2D eigenvalue weighted by molar-refractivity contribution is 9.11. The molecular weight excluding hydrogens is 570 g/mol. The molecule has 0 aliphatic carbocycles. The SMILES string of the molecule is COc1cc(C(=O)c2cccc(C)c2)c(Oc2c(Br)cc(CC(=O)O)cc2Br)cc1NC(C)=O. The first-order chi connectivity index (χ1) is 16.1. The first kappa shape index (κ1) is 25.5. The fourth-order valence-corrected chi connectivity index (χ4v) is 4.76. The lowest BCUT2D eigenvalue weighted by atomic mass is 10.00. The molecule has 0 aliphatic rings. The van der Waals surface area contributed by atoms with E-state index in [0.717, 1.165) is 5.56 Å². The number of aliphatic carboxylic acids is 1. The van der Waals surface area contributed by atoms with Crippen LogP contribution in [0.2, 0.25) is 0 Å². The van der Waals surface area contributed by atoms with Gasteiger partial charge >= 0.3 is 5.97 Å². The minimum absolute atomic E-state index is 0.163. The van der Waals surface area contributed by atoms with E-state index in [2.05, 4.69) is 37.2 Å². The summed E-state index contributed by atoms with van der Waals surface area (Å²) >= 11 is 6.84. The Morgan fingerprint density at radius 3 is 2.24 bits per heavy atom. The number of ketones is 1. The lowest BCUT2D eigenvalue weighted by Gasteiger charge is -2.18. The van der Waals surface area contributed by atoms with Crippen molar-refractivity contribution in [3.05, 3.63) is 79.7 Å². The van der Waals surface area contributed by atoms with Crippen LogP contribution in [0.15, 0.2) is 57.5 Å². The predicted octanol–water partition coefficient (Wildman–Crippen LogP) is 6.14. The third-order valence-corrected chi connectivity index (χ3v) is 5.94. The van der Waals surface area contributed by atoms with Gasteiger partial charge in [0.2, 0.25) is 5.91 Å². The molecule has 3 aromatic carbocycles. The zero-order valence-electron chi connectivity index (χ0n) is 18.6. The number of carboxylic acid groups (broad SMARTS) is 1. The smallest absolute Gasteiger partial charge is 0.307 e. The number of anilines is 1. The maximum atomic E-state index is 13.4. The number of benzene rings is 3. The molecule has 7 nitrogen and oxygen atoms in total. The summed E-state index contributed by atoms with van der Waals surface area (Å²) in [6, 6.07) is 13.5. The monoisotopic (exact) mass is 589 g/mol. The Balaban J connectivity index is 2.15. The zero-order valence-corrected chi connectivity index (χ0v) is 21.7. The van der Waals surface area contributed by atoms with Crippen molar-refractivity contribution in [2.75, 3.05) is 12.4 Å². The number of carboxylic acids is 1. The number of amides is 1. The number of methoxy groups -OCH3 is 1. The Kier molecular flexibility index (Phi) is 8.11. The van der Waals surface area contributed by atoms with Gasteiger partial charge in [0.25, 0.3) is 0 Å². The molecule has 0 radical (unpaired) electrons. The first-order valence-electron chi connectivity index (χ1n) is 10.1. The van der Waals surface area contributed by atoms with Crippen molar-refractivity contribution in [2.45, 2.75) is 20.3 Å². The summed E-state index contributed by atoms with van der Waals surface area (Å²) in [5.74, 6) is -0.750. The zero-order chi connectivity index (χ0) is 25.0. The highest BCUT2D eigenvalue weighted by atomic mass is 79.9. The topological polar surface area (TPSA) is 102 Å². The molecule has 34 heavy (non-hydrogen) atoms. The van der Waals surface area contributed by atoms with E-state index in [4.69, 9.17) is 14.6 Å². The van der Waals surface area contributed by atoms with Crippen LogP contribution >= 0.6 is 31.9 Å². The number of hydrogen-bond donors (Lipinski definition) is 2.